The molecule has 0 bridgehead atoms. The average molecular weight is 224 g/mol. The highest BCUT2D eigenvalue weighted by Crippen LogP contribution is 2.06. The van der Waals surface area contributed by atoms with Crippen LogP contribution in [0.1, 0.15) is 36.2 Å². The van der Waals surface area contributed by atoms with Crippen molar-refractivity contribution in [2.75, 3.05) is 13.2 Å². The average Bonchev–Trinajstić information content (AvgIpc) is 2.79. The van der Waals surface area contributed by atoms with E-state index in [2.05, 4.69) is 20.5 Å². The van der Waals surface area contributed by atoms with E-state index in [1.165, 1.54) is 0 Å². The number of nitrogens with one attached hydrogen (secondary N) is 2. The number of nitrogens with zero attached hydrogens (tertiary/aromatic N) is 2. The minimum absolute atomic E-state index is 0.0878. The molecular weight excluding hydrogens is 208 g/mol. The Morgan fingerprint density at radius 2 is 2.56 bits per heavy atom. The monoisotopic (exact) mass is 224 g/mol. The molecule has 88 valence electrons. The SMILES string of the molecule is CCc1nc(C(=O)NC2CCCOC2)n[nH]1. The first kappa shape index (κ1) is 11.1. The lowest BCUT2D eigenvalue weighted by molar-refractivity contribution is 0.0619. The molecule has 6 heteroatoms. The van der Waals surface area contributed by atoms with E-state index in [0.717, 1.165) is 31.7 Å². The predicted octanol–water partition coefficient (Wildman–Crippen LogP) is 0.276. The zero-order valence-corrected chi connectivity index (χ0v) is 9.32. The Hall–Kier alpha value is -1.43. The van der Waals surface area contributed by atoms with Crippen LogP contribution in [0.15, 0.2) is 0 Å². The molecule has 1 atom stereocenters. The van der Waals surface area contributed by atoms with Gasteiger partial charge in [-0.25, -0.2) is 4.98 Å². The first-order chi connectivity index (χ1) is 7.79. The van der Waals surface area contributed by atoms with Gasteiger partial charge in [-0.2, -0.15) is 0 Å². The summed E-state index contributed by atoms with van der Waals surface area (Å²) in [5.41, 5.74) is 0. The molecule has 1 aliphatic rings. The van der Waals surface area contributed by atoms with Gasteiger partial charge in [-0.05, 0) is 12.8 Å². The fraction of sp³-hybridized carbons (Fsp3) is 0.700. The van der Waals surface area contributed by atoms with Gasteiger partial charge in [0.05, 0.1) is 12.6 Å². The van der Waals surface area contributed by atoms with Gasteiger partial charge in [0.15, 0.2) is 0 Å². The Kier molecular flexibility index (Phi) is 3.51. The number of carbonyl (C=O) groups is 1. The summed E-state index contributed by atoms with van der Waals surface area (Å²) in [6.45, 7) is 3.32. The van der Waals surface area contributed by atoms with Crippen LogP contribution in [-0.4, -0.2) is 40.3 Å². The summed E-state index contributed by atoms with van der Waals surface area (Å²) in [4.78, 5) is 15.8. The standard InChI is InChI=1S/C10H16N4O2/c1-2-8-12-9(14-13-8)10(15)11-7-4-3-5-16-6-7/h7H,2-6H2,1H3,(H,11,15)(H,12,13,14). The lowest BCUT2D eigenvalue weighted by Gasteiger charge is -2.22. The van der Waals surface area contributed by atoms with Gasteiger partial charge in [-0.15, -0.1) is 5.10 Å². The fourth-order valence-electron chi connectivity index (χ4n) is 1.66. The van der Waals surface area contributed by atoms with Crippen molar-refractivity contribution >= 4 is 5.91 Å². The fourth-order valence-corrected chi connectivity index (χ4v) is 1.66. The molecule has 1 fully saturated rings. The maximum atomic E-state index is 11.7. The van der Waals surface area contributed by atoms with Gasteiger partial charge in [0, 0.05) is 13.0 Å². The Labute approximate surface area is 93.8 Å². The lowest BCUT2D eigenvalue weighted by Crippen LogP contribution is -2.41. The molecule has 1 aromatic rings. The maximum Gasteiger partial charge on any atom is 0.291 e. The Morgan fingerprint density at radius 3 is 3.19 bits per heavy atom. The first-order valence-electron chi connectivity index (χ1n) is 5.59. The van der Waals surface area contributed by atoms with Crippen molar-refractivity contribution < 1.29 is 9.53 Å². The lowest BCUT2D eigenvalue weighted by atomic mass is 10.1. The number of hydrogen-bond acceptors (Lipinski definition) is 4. The third-order valence-corrected chi connectivity index (χ3v) is 2.57. The summed E-state index contributed by atoms with van der Waals surface area (Å²) in [5, 5.41) is 9.45. The van der Waals surface area contributed by atoms with E-state index in [4.69, 9.17) is 4.74 Å². The molecule has 0 aliphatic carbocycles. The minimum atomic E-state index is -0.230. The summed E-state index contributed by atoms with van der Waals surface area (Å²) in [7, 11) is 0. The van der Waals surface area contributed by atoms with Gasteiger partial charge in [0.25, 0.3) is 5.91 Å². The van der Waals surface area contributed by atoms with Crippen LogP contribution in [0, 0.1) is 0 Å². The topological polar surface area (TPSA) is 79.9 Å². The molecule has 1 unspecified atom stereocenters. The summed E-state index contributed by atoms with van der Waals surface area (Å²) >= 11 is 0. The van der Waals surface area contributed by atoms with Crippen LogP contribution in [0.5, 0.6) is 0 Å². The zero-order valence-electron chi connectivity index (χ0n) is 9.32. The molecule has 0 saturated carbocycles. The van der Waals surface area contributed by atoms with Crippen molar-refractivity contribution in [2.45, 2.75) is 32.2 Å². The Bertz CT molecular complexity index is 357. The molecule has 1 saturated heterocycles. The molecule has 0 aromatic carbocycles. The number of rotatable bonds is 3. The number of ether oxygens (including phenoxy) is 1. The molecule has 2 N–H and O–H groups in total. The zero-order chi connectivity index (χ0) is 11.4. The van der Waals surface area contributed by atoms with Crippen molar-refractivity contribution in [1.82, 2.24) is 20.5 Å². The largest absolute Gasteiger partial charge is 0.379 e. The van der Waals surface area contributed by atoms with E-state index >= 15 is 0 Å². The van der Waals surface area contributed by atoms with Gasteiger partial charge >= 0.3 is 0 Å². The minimum Gasteiger partial charge on any atom is -0.379 e. The van der Waals surface area contributed by atoms with E-state index in [0.29, 0.717) is 6.61 Å². The van der Waals surface area contributed by atoms with Crippen LogP contribution >= 0.6 is 0 Å². The van der Waals surface area contributed by atoms with Gasteiger partial charge in [-0.1, -0.05) is 6.92 Å². The smallest absolute Gasteiger partial charge is 0.291 e. The summed E-state index contributed by atoms with van der Waals surface area (Å²) in [5.74, 6) is 0.707. The van der Waals surface area contributed by atoms with E-state index < -0.39 is 0 Å². The van der Waals surface area contributed by atoms with Crippen LogP contribution in [0.25, 0.3) is 0 Å². The Balaban J connectivity index is 1.91. The molecule has 1 aromatic heterocycles. The van der Waals surface area contributed by atoms with Gasteiger partial charge < -0.3 is 10.1 Å². The van der Waals surface area contributed by atoms with Crippen LogP contribution in [0.3, 0.4) is 0 Å². The molecule has 2 rings (SSSR count). The molecule has 6 nitrogen and oxygen atoms in total. The molecule has 1 amide bonds. The van der Waals surface area contributed by atoms with Gasteiger partial charge in [0.1, 0.15) is 5.82 Å². The molecule has 0 radical (unpaired) electrons. The number of aromatic nitrogens is 3. The third kappa shape index (κ3) is 2.57. The highest BCUT2D eigenvalue weighted by molar-refractivity contribution is 5.90. The summed E-state index contributed by atoms with van der Waals surface area (Å²) in [6, 6.07) is 0.0878. The molecule has 16 heavy (non-hydrogen) atoms. The van der Waals surface area contributed by atoms with E-state index in [1.807, 2.05) is 6.92 Å². The van der Waals surface area contributed by atoms with Crippen LogP contribution < -0.4 is 5.32 Å². The van der Waals surface area contributed by atoms with Crippen LogP contribution in [0.4, 0.5) is 0 Å². The normalized spacial score (nSPS) is 20.7. The third-order valence-electron chi connectivity index (χ3n) is 2.57. The van der Waals surface area contributed by atoms with Crippen molar-refractivity contribution in [3.63, 3.8) is 0 Å². The summed E-state index contributed by atoms with van der Waals surface area (Å²) < 4.78 is 5.28. The number of aryl methyl sites for hydroxylation is 1. The number of carbonyl (C=O) groups excluding carboxylic acids is 1. The second-order valence-electron chi connectivity index (χ2n) is 3.85. The highest BCUT2D eigenvalue weighted by atomic mass is 16.5. The first-order valence-corrected chi connectivity index (χ1v) is 5.59. The van der Waals surface area contributed by atoms with Crippen molar-refractivity contribution in [3.05, 3.63) is 11.6 Å². The van der Waals surface area contributed by atoms with Crippen molar-refractivity contribution in [1.29, 1.82) is 0 Å². The van der Waals surface area contributed by atoms with Crippen LogP contribution in [0.2, 0.25) is 0 Å². The quantitative estimate of drug-likeness (QED) is 0.772. The number of amides is 1. The van der Waals surface area contributed by atoms with Crippen molar-refractivity contribution in [3.8, 4) is 0 Å². The van der Waals surface area contributed by atoms with Crippen LogP contribution in [-0.2, 0) is 11.2 Å². The van der Waals surface area contributed by atoms with Crippen molar-refractivity contribution in [2.24, 2.45) is 0 Å². The number of H-pyrrole nitrogens is 1. The van der Waals surface area contributed by atoms with Gasteiger partial charge in [-0.3, -0.25) is 9.89 Å². The highest BCUT2D eigenvalue weighted by Gasteiger charge is 2.19. The predicted molar refractivity (Wildman–Crippen MR) is 57.1 cm³/mol. The van der Waals surface area contributed by atoms with E-state index in [1.54, 1.807) is 0 Å². The Morgan fingerprint density at radius 1 is 1.69 bits per heavy atom. The second kappa shape index (κ2) is 5.07. The van der Waals surface area contributed by atoms with E-state index in [9.17, 15) is 4.79 Å². The maximum absolute atomic E-state index is 11.7. The second-order valence-corrected chi connectivity index (χ2v) is 3.85. The number of hydrogen-bond donors (Lipinski definition) is 2. The molecule has 0 spiro atoms. The van der Waals surface area contributed by atoms with E-state index in [-0.39, 0.29) is 17.8 Å². The molecule has 1 aliphatic heterocycles. The number of aromatic amines is 1. The van der Waals surface area contributed by atoms with Gasteiger partial charge in [0.2, 0.25) is 5.82 Å². The summed E-state index contributed by atoms with van der Waals surface area (Å²) in [6.07, 6.45) is 2.68. The molecular formula is C10H16N4O2. The molecule has 2 heterocycles.